The molecule has 0 radical (unpaired) electrons. The van der Waals surface area contributed by atoms with E-state index in [9.17, 15) is 9.90 Å². The van der Waals surface area contributed by atoms with Crippen molar-refractivity contribution in [3.05, 3.63) is 20.8 Å². The average molecular weight is 279 g/mol. The smallest absolute Gasteiger partial charge is 0.343 e. The lowest BCUT2D eigenvalue weighted by Gasteiger charge is -2.18. The highest BCUT2D eigenvalue weighted by molar-refractivity contribution is 9.11. The van der Waals surface area contributed by atoms with Gasteiger partial charge in [-0.1, -0.05) is 0 Å². The first kappa shape index (κ1) is 11.7. The molecule has 0 aliphatic rings. The summed E-state index contributed by atoms with van der Waals surface area (Å²) in [6.45, 7) is 3.41. The molecule has 1 aromatic rings. The van der Waals surface area contributed by atoms with Gasteiger partial charge in [0.05, 0.1) is 10.4 Å². The van der Waals surface area contributed by atoms with Gasteiger partial charge in [0.1, 0.15) is 0 Å². The third-order valence-corrected chi connectivity index (χ3v) is 3.56. The van der Waals surface area contributed by atoms with Crippen LogP contribution in [-0.2, 0) is 15.1 Å². The molecule has 1 heterocycles. The lowest BCUT2D eigenvalue weighted by molar-refractivity contribution is -0.163. The highest BCUT2D eigenvalue weighted by Crippen LogP contribution is 2.31. The zero-order valence-corrected chi connectivity index (χ0v) is 10.3. The molecule has 1 atom stereocenters. The van der Waals surface area contributed by atoms with E-state index in [0.29, 0.717) is 4.88 Å². The molecule has 0 saturated heterocycles. The van der Waals surface area contributed by atoms with Gasteiger partial charge in [-0.05, 0) is 41.9 Å². The number of aliphatic hydroxyl groups is 1. The summed E-state index contributed by atoms with van der Waals surface area (Å²) in [7, 11) is 0. The maximum absolute atomic E-state index is 11.4. The predicted octanol–water partition coefficient (Wildman–Crippen LogP) is 2.28. The van der Waals surface area contributed by atoms with Gasteiger partial charge in [-0.25, -0.2) is 4.79 Å². The van der Waals surface area contributed by atoms with E-state index in [1.54, 1.807) is 19.1 Å². The van der Waals surface area contributed by atoms with Crippen molar-refractivity contribution in [3.63, 3.8) is 0 Å². The van der Waals surface area contributed by atoms with Crippen LogP contribution in [0.3, 0.4) is 0 Å². The van der Waals surface area contributed by atoms with Crippen LogP contribution in [0.5, 0.6) is 0 Å². The molecule has 1 rings (SSSR count). The van der Waals surface area contributed by atoms with Gasteiger partial charge in [0, 0.05) is 4.88 Å². The fraction of sp³-hybridized carbons (Fsp3) is 0.444. The van der Waals surface area contributed by atoms with Crippen LogP contribution >= 0.6 is 27.3 Å². The van der Waals surface area contributed by atoms with Gasteiger partial charge >= 0.3 is 5.97 Å². The summed E-state index contributed by atoms with van der Waals surface area (Å²) >= 11 is 4.58. The number of carbonyl (C=O) groups excluding carboxylic acids is 1. The molecule has 3 nitrogen and oxygen atoms in total. The largest absolute Gasteiger partial charge is 0.464 e. The summed E-state index contributed by atoms with van der Waals surface area (Å²) in [5.41, 5.74) is -1.55. The zero-order chi connectivity index (χ0) is 10.8. The quantitative estimate of drug-likeness (QED) is 0.863. The van der Waals surface area contributed by atoms with E-state index in [1.807, 2.05) is 0 Å². The van der Waals surface area contributed by atoms with Crippen LogP contribution in [0.1, 0.15) is 18.7 Å². The molecule has 0 amide bonds. The van der Waals surface area contributed by atoms with E-state index in [0.717, 1.165) is 3.79 Å². The van der Waals surface area contributed by atoms with Crippen molar-refractivity contribution in [2.75, 3.05) is 6.61 Å². The molecule has 14 heavy (non-hydrogen) atoms. The highest BCUT2D eigenvalue weighted by atomic mass is 79.9. The van der Waals surface area contributed by atoms with Gasteiger partial charge in [-0.15, -0.1) is 11.3 Å². The minimum Gasteiger partial charge on any atom is -0.464 e. The van der Waals surface area contributed by atoms with Gasteiger partial charge in [-0.2, -0.15) is 0 Å². The molecule has 1 N–H and O–H groups in total. The van der Waals surface area contributed by atoms with Gasteiger partial charge in [0.15, 0.2) is 5.60 Å². The van der Waals surface area contributed by atoms with Crippen LogP contribution in [0, 0.1) is 0 Å². The highest BCUT2D eigenvalue weighted by Gasteiger charge is 2.35. The fourth-order valence-corrected chi connectivity index (χ4v) is 2.37. The van der Waals surface area contributed by atoms with Gasteiger partial charge in [0.2, 0.25) is 0 Å². The second kappa shape index (κ2) is 4.42. The number of thiophene rings is 1. The summed E-state index contributed by atoms with van der Waals surface area (Å²) < 4.78 is 5.65. The number of carbonyl (C=O) groups is 1. The summed E-state index contributed by atoms with van der Waals surface area (Å²) in [5.74, 6) is -0.616. The van der Waals surface area contributed by atoms with Gasteiger partial charge in [0.25, 0.3) is 0 Å². The van der Waals surface area contributed by atoms with Crippen molar-refractivity contribution in [2.45, 2.75) is 19.4 Å². The Morgan fingerprint density at radius 1 is 1.71 bits per heavy atom. The van der Waals surface area contributed by atoms with Gasteiger partial charge < -0.3 is 9.84 Å². The molecule has 0 aromatic carbocycles. The van der Waals surface area contributed by atoms with E-state index in [4.69, 9.17) is 4.74 Å². The Bertz CT molecular complexity index is 333. The SMILES string of the molecule is CCOC(=O)C(C)(O)c1ccc(Br)s1. The number of esters is 1. The second-order valence-electron chi connectivity index (χ2n) is 2.90. The van der Waals surface area contributed by atoms with Crippen LogP contribution in [0.4, 0.5) is 0 Å². The predicted molar refractivity (Wildman–Crippen MR) is 58.2 cm³/mol. The third-order valence-electron chi connectivity index (χ3n) is 1.73. The fourth-order valence-electron chi connectivity index (χ4n) is 0.948. The van der Waals surface area contributed by atoms with Gasteiger partial charge in [-0.3, -0.25) is 0 Å². The Hall–Kier alpha value is -0.390. The van der Waals surface area contributed by atoms with E-state index in [-0.39, 0.29) is 6.61 Å². The standard InChI is InChI=1S/C9H11BrO3S/c1-3-13-8(11)9(2,12)6-4-5-7(10)14-6/h4-5,12H,3H2,1-2H3. The second-order valence-corrected chi connectivity index (χ2v) is 5.36. The number of ether oxygens (including phenoxy) is 1. The monoisotopic (exact) mass is 278 g/mol. The molecule has 0 bridgehead atoms. The lowest BCUT2D eigenvalue weighted by Crippen LogP contribution is -2.33. The van der Waals surface area contributed by atoms with E-state index in [1.165, 1.54) is 18.3 Å². The summed E-state index contributed by atoms with van der Waals surface area (Å²) in [6.07, 6.45) is 0. The minimum atomic E-state index is -1.55. The minimum absolute atomic E-state index is 0.265. The molecule has 0 spiro atoms. The van der Waals surface area contributed by atoms with Crippen molar-refractivity contribution in [1.82, 2.24) is 0 Å². The summed E-state index contributed by atoms with van der Waals surface area (Å²) in [4.78, 5) is 12.0. The maximum atomic E-state index is 11.4. The first-order valence-electron chi connectivity index (χ1n) is 4.14. The summed E-state index contributed by atoms with van der Waals surface area (Å²) in [6, 6.07) is 3.49. The lowest BCUT2D eigenvalue weighted by atomic mass is 10.1. The van der Waals surface area contributed by atoms with Crippen LogP contribution in [-0.4, -0.2) is 17.7 Å². The number of hydrogen-bond donors (Lipinski definition) is 1. The first-order valence-corrected chi connectivity index (χ1v) is 5.75. The molecule has 0 fully saturated rings. The Kier molecular flexibility index (Phi) is 3.69. The van der Waals surface area contributed by atoms with Crippen molar-refractivity contribution in [1.29, 1.82) is 0 Å². The molecule has 5 heteroatoms. The van der Waals surface area contributed by atoms with E-state index < -0.39 is 11.6 Å². The number of halogens is 1. The molecule has 78 valence electrons. The summed E-state index contributed by atoms with van der Waals surface area (Å²) in [5, 5.41) is 9.91. The Morgan fingerprint density at radius 2 is 2.36 bits per heavy atom. The maximum Gasteiger partial charge on any atom is 0.343 e. The van der Waals surface area contributed by atoms with Crippen molar-refractivity contribution < 1.29 is 14.6 Å². The molecular formula is C9H11BrO3S. The van der Waals surface area contributed by atoms with Crippen LogP contribution in [0.25, 0.3) is 0 Å². The van der Waals surface area contributed by atoms with E-state index >= 15 is 0 Å². The Morgan fingerprint density at radius 3 is 2.79 bits per heavy atom. The Labute approximate surface area is 94.8 Å². The topological polar surface area (TPSA) is 46.5 Å². The first-order chi connectivity index (χ1) is 6.48. The molecular weight excluding hydrogens is 268 g/mol. The number of hydrogen-bond acceptors (Lipinski definition) is 4. The van der Waals surface area contributed by atoms with Crippen LogP contribution < -0.4 is 0 Å². The molecule has 0 saturated carbocycles. The van der Waals surface area contributed by atoms with Crippen molar-refractivity contribution in [2.24, 2.45) is 0 Å². The van der Waals surface area contributed by atoms with Crippen LogP contribution in [0.2, 0.25) is 0 Å². The average Bonchev–Trinajstić information content (AvgIpc) is 2.52. The molecule has 1 aromatic heterocycles. The normalized spacial score (nSPS) is 14.9. The Balaban J connectivity index is 2.89. The van der Waals surface area contributed by atoms with E-state index in [2.05, 4.69) is 15.9 Å². The van der Waals surface area contributed by atoms with Crippen LogP contribution in [0.15, 0.2) is 15.9 Å². The number of rotatable bonds is 3. The van der Waals surface area contributed by atoms with Crippen molar-refractivity contribution >= 4 is 33.2 Å². The van der Waals surface area contributed by atoms with Crippen molar-refractivity contribution in [3.8, 4) is 0 Å². The molecule has 0 aliphatic carbocycles. The zero-order valence-electron chi connectivity index (χ0n) is 7.91. The third kappa shape index (κ3) is 2.34. The molecule has 1 unspecified atom stereocenters. The molecule has 0 aliphatic heterocycles.